The highest BCUT2D eigenvalue weighted by atomic mass is 32.2. The van der Waals surface area contributed by atoms with E-state index in [4.69, 9.17) is 4.74 Å². The zero-order valence-electron chi connectivity index (χ0n) is 6.54. The number of hydrogen-bond acceptors (Lipinski definition) is 4. The summed E-state index contributed by atoms with van der Waals surface area (Å²) in [5.41, 5.74) is 0. The van der Waals surface area contributed by atoms with Crippen LogP contribution in [0, 0.1) is 0 Å². The van der Waals surface area contributed by atoms with Crippen LogP contribution < -0.4 is 5.32 Å². The third-order valence-electron chi connectivity index (χ3n) is 1.49. The van der Waals surface area contributed by atoms with E-state index in [1.807, 2.05) is 0 Å². The van der Waals surface area contributed by atoms with E-state index in [1.165, 1.54) is 6.26 Å². The molecule has 1 aliphatic rings. The fraction of sp³-hybridized carbons (Fsp3) is 1.00. The van der Waals surface area contributed by atoms with Gasteiger partial charge in [-0.2, -0.15) is 0 Å². The first-order chi connectivity index (χ1) is 5.08. The normalized spacial score (nSPS) is 26.8. The SMILES string of the molecule is CS(=O)(=O)C[C@@H]1CNCCO1. The van der Waals surface area contributed by atoms with Crippen molar-refractivity contribution in [2.75, 3.05) is 31.7 Å². The van der Waals surface area contributed by atoms with E-state index in [1.54, 1.807) is 0 Å². The topological polar surface area (TPSA) is 55.4 Å². The third-order valence-corrected chi connectivity index (χ3v) is 2.47. The first kappa shape index (κ1) is 8.96. The van der Waals surface area contributed by atoms with E-state index in [2.05, 4.69) is 5.32 Å². The van der Waals surface area contributed by atoms with E-state index < -0.39 is 9.84 Å². The van der Waals surface area contributed by atoms with Gasteiger partial charge in [0.2, 0.25) is 0 Å². The number of ether oxygens (including phenoxy) is 1. The Kier molecular flexibility index (Phi) is 2.86. The van der Waals surface area contributed by atoms with Gasteiger partial charge in [-0.1, -0.05) is 0 Å². The molecule has 0 amide bonds. The highest BCUT2D eigenvalue weighted by Crippen LogP contribution is 1.99. The second-order valence-electron chi connectivity index (χ2n) is 2.79. The second kappa shape index (κ2) is 3.51. The zero-order chi connectivity index (χ0) is 8.32. The van der Waals surface area contributed by atoms with Crippen LogP contribution in [0.1, 0.15) is 0 Å². The minimum Gasteiger partial charge on any atom is -0.375 e. The van der Waals surface area contributed by atoms with Gasteiger partial charge in [0.25, 0.3) is 0 Å². The van der Waals surface area contributed by atoms with Crippen molar-refractivity contribution < 1.29 is 13.2 Å². The van der Waals surface area contributed by atoms with Crippen molar-refractivity contribution in [3.8, 4) is 0 Å². The van der Waals surface area contributed by atoms with Crippen molar-refractivity contribution in [1.82, 2.24) is 5.32 Å². The number of hydrogen-bond donors (Lipinski definition) is 1. The van der Waals surface area contributed by atoms with Crippen molar-refractivity contribution >= 4 is 9.84 Å². The lowest BCUT2D eigenvalue weighted by Crippen LogP contribution is -2.41. The van der Waals surface area contributed by atoms with Crippen LogP contribution in [-0.2, 0) is 14.6 Å². The molecule has 11 heavy (non-hydrogen) atoms. The van der Waals surface area contributed by atoms with Crippen molar-refractivity contribution in [3.05, 3.63) is 0 Å². The van der Waals surface area contributed by atoms with Crippen molar-refractivity contribution in [2.24, 2.45) is 0 Å². The Balaban J connectivity index is 2.36. The van der Waals surface area contributed by atoms with Crippen LogP contribution in [0.15, 0.2) is 0 Å². The number of nitrogens with one attached hydrogen (secondary N) is 1. The zero-order valence-corrected chi connectivity index (χ0v) is 7.36. The van der Waals surface area contributed by atoms with Crippen LogP contribution in [-0.4, -0.2) is 46.2 Å². The Morgan fingerprint density at radius 2 is 2.36 bits per heavy atom. The molecule has 0 unspecified atom stereocenters. The molecule has 1 fully saturated rings. The van der Waals surface area contributed by atoms with Crippen LogP contribution in [0.3, 0.4) is 0 Å². The molecular formula is C6H13NO3S. The van der Waals surface area contributed by atoms with Gasteiger partial charge in [0.15, 0.2) is 0 Å². The summed E-state index contributed by atoms with van der Waals surface area (Å²) in [7, 11) is -2.89. The van der Waals surface area contributed by atoms with E-state index >= 15 is 0 Å². The summed E-state index contributed by atoms with van der Waals surface area (Å²) in [5, 5.41) is 3.07. The maximum absolute atomic E-state index is 10.8. The summed E-state index contributed by atoms with van der Waals surface area (Å²) in [6, 6.07) is 0. The standard InChI is InChI=1S/C6H13NO3S/c1-11(8,9)5-6-4-7-2-3-10-6/h6-7H,2-5H2,1H3/t6-/m0/s1. The first-order valence-corrected chi connectivity index (χ1v) is 5.64. The molecule has 1 saturated heterocycles. The molecule has 0 aromatic rings. The van der Waals surface area contributed by atoms with Crippen molar-refractivity contribution in [2.45, 2.75) is 6.10 Å². The molecule has 0 aromatic heterocycles. The maximum atomic E-state index is 10.8. The second-order valence-corrected chi connectivity index (χ2v) is 4.97. The molecule has 1 N–H and O–H groups in total. The quantitative estimate of drug-likeness (QED) is 0.592. The van der Waals surface area contributed by atoms with E-state index in [9.17, 15) is 8.42 Å². The van der Waals surface area contributed by atoms with Crippen LogP contribution in [0.4, 0.5) is 0 Å². The Morgan fingerprint density at radius 3 is 2.82 bits per heavy atom. The molecule has 0 bridgehead atoms. The lowest BCUT2D eigenvalue weighted by atomic mass is 10.3. The Bertz CT molecular complexity index is 206. The van der Waals surface area contributed by atoms with Gasteiger partial charge in [0, 0.05) is 19.3 Å². The molecule has 0 saturated carbocycles. The largest absolute Gasteiger partial charge is 0.375 e. The van der Waals surface area contributed by atoms with E-state index in [0.29, 0.717) is 13.2 Å². The highest BCUT2D eigenvalue weighted by Gasteiger charge is 2.17. The number of rotatable bonds is 2. The number of sulfone groups is 1. The summed E-state index contributed by atoms with van der Waals surface area (Å²) in [4.78, 5) is 0. The fourth-order valence-corrected chi connectivity index (χ4v) is 1.95. The molecule has 0 radical (unpaired) electrons. The molecule has 0 aliphatic carbocycles. The van der Waals surface area contributed by atoms with Gasteiger partial charge in [0.1, 0.15) is 9.84 Å². The lowest BCUT2D eigenvalue weighted by molar-refractivity contribution is 0.0431. The monoisotopic (exact) mass is 179 g/mol. The summed E-state index contributed by atoms with van der Waals surface area (Å²) >= 11 is 0. The minimum absolute atomic E-state index is 0.125. The Labute approximate surface area is 66.8 Å². The van der Waals surface area contributed by atoms with Crippen LogP contribution in [0.2, 0.25) is 0 Å². The number of morpholine rings is 1. The summed E-state index contributed by atoms with van der Waals surface area (Å²) < 4.78 is 26.8. The molecule has 5 heteroatoms. The Hall–Kier alpha value is -0.130. The molecular weight excluding hydrogens is 166 g/mol. The molecule has 1 heterocycles. The van der Waals surface area contributed by atoms with Crippen LogP contribution in [0.5, 0.6) is 0 Å². The molecule has 0 aromatic carbocycles. The lowest BCUT2D eigenvalue weighted by Gasteiger charge is -2.22. The minimum atomic E-state index is -2.89. The molecule has 1 aliphatic heterocycles. The first-order valence-electron chi connectivity index (χ1n) is 3.58. The fourth-order valence-electron chi connectivity index (χ4n) is 1.06. The average Bonchev–Trinajstić information content (AvgIpc) is 1.85. The van der Waals surface area contributed by atoms with Gasteiger partial charge >= 0.3 is 0 Å². The average molecular weight is 179 g/mol. The van der Waals surface area contributed by atoms with Gasteiger partial charge in [-0.15, -0.1) is 0 Å². The summed E-state index contributed by atoms with van der Waals surface area (Å²) in [5.74, 6) is 0.125. The maximum Gasteiger partial charge on any atom is 0.150 e. The highest BCUT2D eigenvalue weighted by molar-refractivity contribution is 7.90. The molecule has 1 atom stereocenters. The predicted octanol–water partition coefficient (Wildman–Crippen LogP) is -0.981. The molecule has 1 rings (SSSR count). The Morgan fingerprint density at radius 1 is 1.64 bits per heavy atom. The van der Waals surface area contributed by atoms with Gasteiger partial charge in [0.05, 0.1) is 18.5 Å². The molecule has 4 nitrogen and oxygen atoms in total. The van der Waals surface area contributed by atoms with Gasteiger partial charge in [-0.3, -0.25) is 0 Å². The molecule has 0 spiro atoms. The van der Waals surface area contributed by atoms with E-state index in [-0.39, 0.29) is 11.9 Å². The van der Waals surface area contributed by atoms with Gasteiger partial charge in [-0.05, 0) is 0 Å². The third kappa shape index (κ3) is 3.69. The summed E-state index contributed by atoms with van der Waals surface area (Å²) in [6.45, 7) is 2.08. The predicted molar refractivity (Wildman–Crippen MR) is 42.3 cm³/mol. The van der Waals surface area contributed by atoms with Crippen molar-refractivity contribution in [1.29, 1.82) is 0 Å². The van der Waals surface area contributed by atoms with Crippen LogP contribution >= 0.6 is 0 Å². The smallest absolute Gasteiger partial charge is 0.150 e. The van der Waals surface area contributed by atoms with Crippen LogP contribution in [0.25, 0.3) is 0 Å². The van der Waals surface area contributed by atoms with Gasteiger partial charge in [-0.25, -0.2) is 8.42 Å². The van der Waals surface area contributed by atoms with Gasteiger partial charge < -0.3 is 10.1 Å². The van der Waals surface area contributed by atoms with E-state index in [0.717, 1.165) is 6.54 Å². The van der Waals surface area contributed by atoms with Crippen molar-refractivity contribution in [3.63, 3.8) is 0 Å². The summed E-state index contributed by atoms with van der Waals surface area (Å²) in [6.07, 6.45) is 1.07. The molecule has 66 valence electrons.